The maximum Gasteiger partial charge on any atom is 0.411 e. The summed E-state index contributed by atoms with van der Waals surface area (Å²) >= 11 is 0. The second-order valence-corrected chi connectivity index (χ2v) is 4.80. The lowest BCUT2D eigenvalue weighted by Crippen LogP contribution is -2.52. The Labute approximate surface area is 109 Å². The Kier molecular flexibility index (Phi) is 6.28. The third-order valence-corrected chi connectivity index (χ3v) is 2.72. The Morgan fingerprint density at radius 1 is 1.32 bits per heavy atom. The average molecular weight is 285 g/mol. The number of carboxylic acids is 1. The van der Waals surface area contributed by atoms with Crippen molar-refractivity contribution in [1.82, 2.24) is 5.32 Å². The van der Waals surface area contributed by atoms with E-state index in [0.29, 0.717) is 0 Å². The molecule has 0 aliphatic rings. The van der Waals surface area contributed by atoms with Crippen molar-refractivity contribution in [2.75, 3.05) is 13.2 Å². The van der Waals surface area contributed by atoms with E-state index < -0.39 is 36.8 Å². The van der Waals surface area contributed by atoms with Crippen molar-refractivity contribution in [2.45, 2.75) is 38.9 Å². The lowest BCUT2D eigenvalue weighted by atomic mass is 9.85. The van der Waals surface area contributed by atoms with Crippen molar-refractivity contribution < 1.29 is 32.6 Å². The van der Waals surface area contributed by atoms with Gasteiger partial charge in [-0.05, 0) is 12.8 Å². The average Bonchev–Trinajstić information content (AvgIpc) is 2.12. The molecule has 0 heterocycles. The zero-order chi connectivity index (χ0) is 15.3. The van der Waals surface area contributed by atoms with Gasteiger partial charge in [0.2, 0.25) is 5.91 Å². The predicted molar refractivity (Wildman–Crippen MR) is 60.5 cm³/mol. The first kappa shape index (κ1) is 17.7. The molecule has 1 unspecified atom stereocenters. The van der Waals surface area contributed by atoms with E-state index in [4.69, 9.17) is 5.11 Å². The van der Waals surface area contributed by atoms with Gasteiger partial charge in [-0.25, -0.2) is 0 Å². The minimum atomic E-state index is -4.50. The summed E-state index contributed by atoms with van der Waals surface area (Å²) in [6.45, 7) is 2.66. The van der Waals surface area contributed by atoms with Crippen molar-refractivity contribution in [3.8, 4) is 0 Å². The summed E-state index contributed by atoms with van der Waals surface area (Å²) in [6.07, 6.45) is -4.82. The number of carbonyl (C=O) groups is 2. The molecule has 0 aromatic heterocycles. The fourth-order valence-corrected chi connectivity index (χ4v) is 1.32. The summed E-state index contributed by atoms with van der Waals surface area (Å²) in [5.41, 5.74) is -1.04. The lowest BCUT2D eigenvalue weighted by molar-refractivity contribution is -0.176. The molecule has 1 amide bonds. The molecule has 0 bridgehead atoms. The molecule has 5 nitrogen and oxygen atoms in total. The van der Waals surface area contributed by atoms with Crippen LogP contribution < -0.4 is 5.32 Å². The van der Waals surface area contributed by atoms with E-state index >= 15 is 0 Å². The molecule has 0 rings (SSSR count). The fourth-order valence-electron chi connectivity index (χ4n) is 1.32. The van der Waals surface area contributed by atoms with E-state index in [1.54, 1.807) is 13.8 Å². The van der Waals surface area contributed by atoms with Gasteiger partial charge in [0.15, 0.2) is 0 Å². The largest absolute Gasteiger partial charge is 0.481 e. The molecular weight excluding hydrogens is 267 g/mol. The van der Waals surface area contributed by atoms with E-state index in [9.17, 15) is 22.8 Å². The minimum absolute atomic E-state index is 0.199. The zero-order valence-corrected chi connectivity index (χ0v) is 11.0. The third-order valence-electron chi connectivity index (χ3n) is 2.72. The number of carbonyl (C=O) groups excluding carboxylic acids is 1. The van der Waals surface area contributed by atoms with E-state index in [2.05, 4.69) is 10.1 Å². The number of amides is 1. The van der Waals surface area contributed by atoms with Gasteiger partial charge in [0, 0.05) is 0 Å². The highest BCUT2D eigenvalue weighted by Gasteiger charge is 2.33. The van der Waals surface area contributed by atoms with Crippen LogP contribution in [0.15, 0.2) is 0 Å². The third kappa shape index (κ3) is 7.66. The van der Waals surface area contributed by atoms with Crippen molar-refractivity contribution >= 4 is 11.9 Å². The van der Waals surface area contributed by atoms with Crippen molar-refractivity contribution in [1.29, 1.82) is 0 Å². The second kappa shape index (κ2) is 6.74. The first-order valence-corrected chi connectivity index (χ1v) is 5.63. The molecular formula is C11H18F3NO4. The first-order chi connectivity index (χ1) is 8.46. The number of halogens is 3. The van der Waals surface area contributed by atoms with Crippen LogP contribution in [0.3, 0.4) is 0 Å². The number of nitrogens with one attached hydrogen (secondary N) is 1. The predicted octanol–water partition coefficient (Wildman–Crippen LogP) is 1.57. The van der Waals surface area contributed by atoms with Crippen LogP contribution in [0.25, 0.3) is 0 Å². The number of rotatable bonds is 7. The van der Waals surface area contributed by atoms with Crippen molar-refractivity contribution in [3.63, 3.8) is 0 Å². The Morgan fingerprint density at radius 2 is 1.84 bits per heavy atom. The van der Waals surface area contributed by atoms with E-state index in [1.165, 1.54) is 6.92 Å². The molecule has 112 valence electrons. The zero-order valence-electron chi connectivity index (χ0n) is 11.0. The molecule has 0 saturated carbocycles. The van der Waals surface area contributed by atoms with Crippen LogP contribution in [0, 0.1) is 5.92 Å². The van der Waals surface area contributed by atoms with Gasteiger partial charge in [-0.3, -0.25) is 9.59 Å². The number of carboxylic acid groups (broad SMARTS) is 1. The van der Waals surface area contributed by atoms with Crippen LogP contribution in [0.4, 0.5) is 13.2 Å². The standard InChI is InChI=1S/C11H18F3NO4/c1-7(2)10(3,4-9(17)18)15-8(16)5-19-6-11(12,13)14/h7H,4-6H2,1-3H3,(H,15,16)(H,17,18). The summed E-state index contributed by atoms with van der Waals surface area (Å²) in [7, 11) is 0. The number of hydrogen-bond donors (Lipinski definition) is 2. The molecule has 8 heteroatoms. The summed E-state index contributed by atoms with van der Waals surface area (Å²) in [4.78, 5) is 22.1. The van der Waals surface area contributed by atoms with Gasteiger partial charge in [-0.15, -0.1) is 0 Å². The molecule has 0 saturated heterocycles. The molecule has 0 radical (unpaired) electrons. The summed E-state index contributed by atoms with van der Waals surface area (Å²) in [6, 6.07) is 0. The van der Waals surface area contributed by atoms with Gasteiger partial charge in [0.05, 0.1) is 12.0 Å². The molecule has 19 heavy (non-hydrogen) atoms. The number of alkyl halides is 3. The number of hydrogen-bond acceptors (Lipinski definition) is 3. The van der Waals surface area contributed by atoms with Crippen LogP contribution in [-0.2, 0) is 14.3 Å². The van der Waals surface area contributed by atoms with Crippen molar-refractivity contribution in [3.05, 3.63) is 0 Å². The molecule has 0 spiro atoms. The lowest BCUT2D eigenvalue weighted by Gasteiger charge is -2.33. The van der Waals surface area contributed by atoms with Gasteiger partial charge >= 0.3 is 12.1 Å². The Balaban J connectivity index is 4.37. The molecule has 0 aliphatic heterocycles. The van der Waals surface area contributed by atoms with Crippen LogP contribution in [0.5, 0.6) is 0 Å². The highest BCUT2D eigenvalue weighted by molar-refractivity contribution is 5.79. The van der Waals surface area contributed by atoms with Gasteiger partial charge in [0.1, 0.15) is 13.2 Å². The van der Waals surface area contributed by atoms with Gasteiger partial charge in [0.25, 0.3) is 0 Å². The number of aliphatic carboxylic acids is 1. The van der Waals surface area contributed by atoms with Crippen LogP contribution in [0.1, 0.15) is 27.2 Å². The quantitative estimate of drug-likeness (QED) is 0.744. The topological polar surface area (TPSA) is 75.6 Å². The van der Waals surface area contributed by atoms with E-state index in [-0.39, 0.29) is 12.3 Å². The van der Waals surface area contributed by atoms with Gasteiger partial charge in [-0.1, -0.05) is 13.8 Å². The smallest absolute Gasteiger partial charge is 0.411 e. The first-order valence-electron chi connectivity index (χ1n) is 5.63. The van der Waals surface area contributed by atoms with Gasteiger partial charge < -0.3 is 15.2 Å². The highest BCUT2D eigenvalue weighted by Crippen LogP contribution is 2.21. The molecule has 1 atom stereocenters. The van der Waals surface area contributed by atoms with Crippen LogP contribution in [-0.4, -0.2) is 41.9 Å². The molecule has 0 aromatic rings. The van der Waals surface area contributed by atoms with Crippen molar-refractivity contribution in [2.24, 2.45) is 5.92 Å². The monoisotopic (exact) mass is 285 g/mol. The fraction of sp³-hybridized carbons (Fsp3) is 0.818. The number of ether oxygens (including phenoxy) is 1. The minimum Gasteiger partial charge on any atom is -0.481 e. The molecule has 0 aromatic carbocycles. The Bertz CT molecular complexity index is 330. The summed E-state index contributed by atoms with van der Waals surface area (Å²) < 4.78 is 39.6. The Hall–Kier alpha value is -1.31. The van der Waals surface area contributed by atoms with Crippen LogP contribution >= 0.6 is 0 Å². The summed E-state index contributed by atoms with van der Waals surface area (Å²) in [5, 5.41) is 11.2. The second-order valence-electron chi connectivity index (χ2n) is 4.80. The van der Waals surface area contributed by atoms with E-state index in [1.807, 2.05) is 0 Å². The molecule has 0 fully saturated rings. The Morgan fingerprint density at radius 3 is 2.21 bits per heavy atom. The molecule has 0 aliphatic carbocycles. The van der Waals surface area contributed by atoms with Gasteiger partial charge in [-0.2, -0.15) is 13.2 Å². The maximum absolute atomic E-state index is 11.8. The van der Waals surface area contributed by atoms with E-state index in [0.717, 1.165) is 0 Å². The molecule has 2 N–H and O–H groups in total. The van der Waals surface area contributed by atoms with Crippen LogP contribution in [0.2, 0.25) is 0 Å². The summed E-state index contributed by atoms with van der Waals surface area (Å²) in [5.74, 6) is -2.08. The SMILES string of the molecule is CC(C)C(C)(CC(=O)O)NC(=O)COCC(F)(F)F. The maximum atomic E-state index is 11.8. The highest BCUT2D eigenvalue weighted by atomic mass is 19.4. The normalized spacial score (nSPS) is 15.1.